The Morgan fingerprint density at radius 1 is 0.397 bits per heavy atom. The molecule has 0 aromatic heterocycles. The van der Waals surface area contributed by atoms with Crippen LogP contribution in [0.1, 0.15) is 298 Å². The molecule has 0 bridgehead atoms. The van der Waals surface area contributed by atoms with Crippen LogP contribution in [0.3, 0.4) is 0 Å². The summed E-state index contributed by atoms with van der Waals surface area (Å²) in [6.07, 6.45) is 50.4. The minimum absolute atomic E-state index is 0.00948. The van der Waals surface area contributed by atoms with E-state index in [0.717, 1.165) is 45.1 Å². The fourth-order valence-electron chi connectivity index (χ4n) is 9.28. The van der Waals surface area contributed by atoms with Crippen LogP contribution in [-0.4, -0.2) is 61.4 Å². The van der Waals surface area contributed by atoms with Crippen molar-refractivity contribution < 1.29 is 24.2 Å². The van der Waals surface area contributed by atoms with Crippen molar-refractivity contribution in [2.24, 2.45) is 17.8 Å². The highest BCUT2D eigenvalue weighted by Crippen LogP contribution is 2.22. The molecule has 0 radical (unpaired) electrons. The van der Waals surface area contributed by atoms with E-state index in [2.05, 4.69) is 39.5 Å². The average molecular weight is 893 g/mol. The second-order valence-electron chi connectivity index (χ2n) is 20.2. The molecule has 0 aromatic carbocycles. The van der Waals surface area contributed by atoms with Gasteiger partial charge in [-0.3, -0.25) is 9.59 Å². The van der Waals surface area contributed by atoms with Crippen LogP contribution in [0.4, 0.5) is 0 Å². The second kappa shape index (κ2) is 50.3. The summed E-state index contributed by atoms with van der Waals surface area (Å²) in [5.41, 5.74) is 0. The highest BCUT2D eigenvalue weighted by atomic mass is 16.5. The van der Waals surface area contributed by atoms with E-state index < -0.39 is 0 Å². The predicted molar refractivity (Wildman–Crippen MR) is 274 cm³/mol. The average Bonchev–Trinajstić information content (AvgIpc) is 3.28. The van der Waals surface area contributed by atoms with E-state index in [1.54, 1.807) is 0 Å². The van der Waals surface area contributed by atoms with Gasteiger partial charge in [-0.1, -0.05) is 227 Å². The van der Waals surface area contributed by atoms with Crippen molar-refractivity contribution in [3.63, 3.8) is 0 Å². The number of carbonyl (C=O) groups excluding carboxylic acids is 2. The highest BCUT2D eigenvalue weighted by Gasteiger charge is 2.18. The first kappa shape index (κ1) is 61.9. The second-order valence-corrected chi connectivity index (χ2v) is 20.2. The highest BCUT2D eigenvalue weighted by molar-refractivity contribution is 5.71. The fourth-order valence-corrected chi connectivity index (χ4v) is 9.28. The van der Waals surface area contributed by atoms with Gasteiger partial charge in [-0.2, -0.15) is 0 Å². The fraction of sp³-hybridized carbons (Fsp3) is 0.965. The molecule has 3 unspecified atom stereocenters. The zero-order chi connectivity index (χ0) is 46.1. The molecule has 6 nitrogen and oxygen atoms in total. The first-order valence-corrected chi connectivity index (χ1v) is 28.6. The van der Waals surface area contributed by atoms with Crippen LogP contribution in [-0.2, 0) is 19.1 Å². The number of carbonyl (C=O) groups is 2. The summed E-state index contributed by atoms with van der Waals surface area (Å²) in [5.74, 6) is 1.14. The molecule has 0 aliphatic carbocycles. The molecule has 0 heterocycles. The van der Waals surface area contributed by atoms with E-state index in [9.17, 15) is 14.7 Å². The summed E-state index contributed by atoms with van der Waals surface area (Å²) in [6, 6.07) is 0. The first-order chi connectivity index (χ1) is 30.9. The number of ether oxygens (including phenoxy) is 2. The summed E-state index contributed by atoms with van der Waals surface area (Å²) < 4.78 is 11.7. The van der Waals surface area contributed by atoms with Crippen LogP contribution in [0.15, 0.2) is 0 Å². The zero-order valence-corrected chi connectivity index (χ0v) is 43.5. The van der Waals surface area contributed by atoms with Crippen molar-refractivity contribution in [1.29, 1.82) is 0 Å². The van der Waals surface area contributed by atoms with Gasteiger partial charge in [0.1, 0.15) is 0 Å². The van der Waals surface area contributed by atoms with Crippen molar-refractivity contribution in [2.75, 3.05) is 39.5 Å². The Morgan fingerprint density at radius 3 is 1.13 bits per heavy atom. The molecular formula is C57H113NO5. The molecule has 376 valence electrons. The quantitative estimate of drug-likeness (QED) is 0.0484. The Hall–Kier alpha value is -1.14. The van der Waals surface area contributed by atoms with Crippen molar-refractivity contribution >= 4 is 11.9 Å². The van der Waals surface area contributed by atoms with Gasteiger partial charge in [-0.25, -0.2) is 0 Å². The summed E-state index contributed by atoms with van der Waals surface area (Å²) in [4.78, 5) is 28.1. The lowest BCUT2D eigenvalue weighted by Crippen LogP contribution is -2.27. The summed E-state index contributed by atoms with van der Waals surface area (Å²) in [5, 5.41) is 9.35. The van der Waals surface area contributed by atoms with Gasteiger partial charge in [0, 0.05) is 13.0 Å². The van der Waals surface area contributed by atoms with Gasteiger partial charge in [0.15, 0.2) is 0 Å². The zero-order valence-electron chi connectivity index (χ0n) is 43.5. The van der Waals surface area contributed by atoms with Crippen LogP contribution in [0.25, 0.3) is 0 Å². The summed E-state index contributed by atoms with van der Waals surface area (Å²) >= 11 is 0. The molecule has 0 rings (SSSR count). The van der Waals surface area contributed by atoms with Gasteiger partial charge in [-0.05, 0) is 95.7 Å². The number of nitrogens with zero attached hydrogens (tertiary/aromatic N) is 1. The number of unbranched alkanes of at least 4 members (excludes halogenated alkanes) is 28. The van der Waals surface area contributed by atoms with Gasteiger partial charge in [-0.15, -0.1) is 0 Å². The van der Waals surface area contributed by atoms with Gasteiger partial charge in [0.05, 0.1) is 19.1 Å². The largest absolute Gasteiger partial charge is 0.465 e. The summed E-state index contributed by atoms with van der Waals surface area (Å²) in [7, 11) is 0. The van der Waals surface area contributed by atoms with Crippen LogP contribution < -0.4 is 0 Å². The molecule has 1 N–H and O–H groups in total. The van der Waals surface area contributed by atoms with Crippen LogP contribution in [0, 0.1) is 17.8 Å². The molecule has 0 amide bonds. The minimum atomic E-state index is 0.00948. The van der Waals surface area contributed by atoms with Gasteiger partial charge in [0.25, 0.3) is 0 Å². The smallest absolute Gasteiger partial charge is 0.308 e. The lowest BCUT2D eigenvalue weighted by Gasteiger charge is -2.22. The molecule has 0 aliphatic rings. The molecule has 0 fully saturated rings. The molecular weight excluding hydrogens is 779 g/mol. The Bertz CT molecular complexity index is 928. The van der Waals surface area contributed by atoms with Gasteiger partial charge < -0.3 is 19.5 Å². The first-order valence-electron chi connectivity index (χ1n) is 28.6. The van der Waals surface area contributed by atoms with E-state index >= 15 is 0 Å². The third kappa shape index (κ3) is 44.5. The minimum Gasteiger partial charge on any atom is -0.465 e. The Kier molecular flexibility index (Phi) is 49.4. The number of hydrogen-bond acceptors (Lipinski definition) is 6. The normalized spacial score (nSPS) is 13.1. The number of aliphatic hydroxyl groups excluding tert-OH is 1. The van der Waals surface area contributed by atoms with Gasteiger partial charge in [0.2, 0.25) is 0 Å². The lowest BCUT2D eigenvalue weighted by molar-refractivity contribution is -0.150. The monoisotopic (exact) mass is 892 g/mol. The van der Waals surface area contributed by atoms with Crippen molar-refractivity contribution in [2.45, 2.75) is 298 Å². The molecule has 0 aromatic rings. The third-order valence-electron chi connectivity index (χ3n) is 13.8. The molecule has 0 saturated carbocycles. The molecule has 6 heteroatoms. The molecule has 63 heavy (non-hydrogen) atoms. The molecule has 3 atom stereocenters. The Morgan fingerprint density at radius 2 is 0.714 bits per heavy atom. The van der Waals surface area contributed by atoms with Crippen molar-refractivity contribution in [1.82, 2.24) is 4.90 Å². The van der Waals surface area contributed by atoms with Crippen LogP contribution in [0.5, 0.6) is 0 Å². The third-order valence-corrected chi connectivity index (χ3v) is 13.8. The Balaban J connectivity index is 4.17. The maximum atomic E-state index is 12.9. The molecule has 0 aliphatic heterocycles. The number of hydrogen-bond donors (Lipinski definition) is 1. The van der Waals surface area contributed by atoms with E-state index in [1.807, 2.05) is 0 Å². The topological polar surface area (TPSA) is 76.1 Å². The standard InChI is InChI=1S/C57H113NO5/c1-6-10-14-18-26-34-44-54(42-32-16-12-8-3)51-62-56(60)46-36-28-21-20-23-29-37-47-58(49-39-40-50-59)48-38-30-24-22-25-31-41-53(5)57(61)63-52-55(43-33-17-13-9-4)45-35-27-19-15-11-7-2/h53-55,59H,6-52H2,1-5H3. The maximum Gasteiger partial charge on any atom is 0.308 e. The SMILES string of the molecule is CCCCCCCCC(CCCCCC)COC(=O)CCCCCCCCCN(CCCCO)CCCCCCCCC(C)C(=O)OCC(CCCCCC)CCCCCCCC. The Labute approximate surface area is 394 Å². The van der Waals surface area contributed by atoms with Crippen LogP contribution in [0.2, 0.25) is 0 Å². The lowest BCUT2D eigenvalue weighted by atomic mass is 9.95. The number of rotatable bonds is 52. The number of aliphatic hydroxyl groups is 1. The maximum absolute atomic E-state index is 12.9. The van der Waals surface area contributed by atoms with E-state index in [-0.39, 0.29) is 17.9 Å². The van der Waals surface area contributed by atoms with Crippen molar-refractivity contribution in [3.05, 3.63) is 0 Å². The van der Waals surface area contributed by atoms with E-state index in [1.165, 1.54) is 231 Å². The summed E-state index contributed by atoms with van der Waals surface area (Å²) in [6.45, 7) is 16.2. The van der Waals surface area contributed by atoms with E-state index in [4.69, 9.17) is 9.47 Å². The van der Waals surface area contributed by atoms with Crippen molar-refractivity contribution in [3.8, 4) is 0 Å². The van der Waals surface area contributed by atoms with E-state index in [0.29, 0.717) is 38.1 Å². The molecule has 0 spiro atoms. The van der Waals surface area contributed by atoms with Crippen LogP contribution >= 0.6 is 0 Å². The predicted octanol–water partition coefficient (Wildman–Crippen LogP) is 17.3. The number of esters is 2. The van der Waals surface area contributed by atoms with Gasteiger partial charge >= 0.3 is 11.9 Å². The molecule has 0 saturated heterocycles.